The number of nitrogens with two attached hydrogens (primary N) is 1. The normalized spacial score (nSPS) is 8.31. The van der Waals surface area contributed by atoms with E-state index in [1.165, 1.54) is 18.3 Å². The van der Waals surface area contributed by atoms with Crippen LogP contribution in [0.3, 0.4) is 0 Å². The zero-order chi connectivity index (χ0) is 10.6. The minimum Gasteiger partial charge on any atom is -0.459 e. The molecule has 0 saturated heterocycles. The van der Waals surface area contributed by atoms with Gasteiger partial charge in [-0.15, -0.1) is 23.7 Å². The highest BCUT2D eigenvalue weighted by Crippen LogP contribution is 2.15. The second-order valence-corrected chi connectivity index (χ2v) is 3.32. The number of nitrogens with one attached hydrogen (secondary N) is 2. The van der Waals surface area contributed by atoms with Crippen LogP contribution in [0.25, 0.3) is 0 Å². The molecule has 1 aromatic heterocycles. The molecule has 0 aliphatic rings. The smallest absolute Gasteiger partial charge is 0.303 e. The molecule has 0 amide bonds. The van der Waals surface area contributed by atoms with E-state index in [2.05, 4.69) is 10.3 Å². The molecule has 0 aliphatic carbocycles. The SMILES string of the molecule is CC(=O)OCc1csc(NC(=N)N)n1.Cl.O. The summed E-state index contributed by atoms with van der Waals surface area (Å²) in [5.74, 6) is -0.516. The van der Waals surface area contributed by atoms with E-state index in [1.807, 2.05) is 0 Å². The van der Waals surface area contributed by atoms with Crippen molar-refractivity contribution in [2.24, 2.45) is 5.73 Å². The lowest BCUT2D eigenvalue weighted by molar-refractivity contribution is -0.142. The van der Waals surface area contributed by atoms with E-state index < -0.39 is 0 Å². The van der Waals surface area contributed by atoms with Gasteiger partial charge in [-0.3, -0.25) is 10.2 Å². The zero-order valence-corrected chi connectivity index (χ0v) is 10.1. The van der Waals surface area contributed by atoms with Crippen LogP contribution < -0.4 is 11.1 Å². The fraction of sp³-hybridized carbons (Fsp3) is 0.286. The Morgan fingerprint density at radius 3 is 2.88 bits per heavy atom. The average molecular weight is 269 g/mol. The Balaban J connectivity index is 0. The molecule has 1 rings (SSSR count). The number of guanidine groups is 1. The van der Waals surface area contributed by atoms with Gasteiger partial charge >= 0.3 is 5.97 Å². The molecule has 0 bridgehead atoms. The maximum Gasteiger partial charge on any atom is 0.303 e. The van der Waals surface area contributed by atoms with Gasteiger partial charge in [-0.25, -0.2) is 4.98 Å². The first-order chi connectivity index (χ1) is 6.58. The van der Waals surface area contributed by atoms with Crippen molar-refractivity contribution in [2.45, 2.75) is 13.5 Å². The Morgan fingerprint density at radius 1 is 1.75 bits per heavy atom. The van der Waals surface area contributed by atoms with Crippen LogP contribution in [0.2, 0.25) is 0 Å². The molecule has 0 fully saturated rings. The fourth-order valence-corrected chi connectivity index (χ4v) is 1.43. The number of rotatable bonds is 3. The van der Waals surface area contributed by atoms with Gasteiger partial charge < -0.3 is 21.3 Å². The summed E-state index contributed by atoms with van der Waals surface area (Å²) in [6.07, 6.45) is 0. The van der Waals surface area contributed by atoms with E-state index >= 15 is 0 Å². The number of hydrogen-bond acceptors (Lipinski definition) is 5. The Bertz CT molecular complexity index is 357. The van der Waals surface area contributed by atoms with Gasteiger partial charge in [0.15, 0.2) is 11.1 Å². The van der Waals surface area contributed by atoms with Gasteiger partial charge in [0.25, 0.3) is 0 Å². The largest absolute Gasteiger partial charge is 0.459 e. The molecule has 1 aromatic rings. The third kappa shape index (κ3) is 6.17. The van der Waals surface area contributed by atoms with Crippen LogP contribution >= 0.6 is 23.7 Å². The number of hydrogen-bond donors (Lipinski definition) is 3. The van der Waals surface area contributed by atoms with Crippen LogP contribution in [-0.4, -0.2) is 22.4 Å². The lowest BCUT2D eigenvalue weighted by atomic mass is 10.5. The number of thiazole rings is 1. The van der Waals surface area contributed by atoms with Crippen LogP contribution in [0.4, 0.5) is 5.13 Å². The Morgan fingerprint density at radius 2 is 2.38 bits per heavy atom. The first-order valence-electron chi connectivity index (χ1n) is 3.76. The zero-order valence-electron chi connectivity index (χ0n) is 8.44. The van der Waals surface area contributed by atoms with E-state index in [0.29, 0.717) is 10.8 Å². The topological polar surface area (TPSA) is 133 Å². The molecule has 0 atom stereocenters. The molecule has 9 heteroatoms. The lowest BCUT2D eigenvalue weighted by Gasteiger charge is -1.97. The highest BCUT2D eigenvalue weighted by molar-refractivity contribution is 7.13. The van der Waals surface area contributed by atoms with Crippen molar-refractivity contribution in [1.82, 2.24) is 4.98 Å². The van der Waals surface area contributed by atoms with Gasteiger partial charge in [0, 0.05) is 12.3 Å². The third-order valence-corrected chi connectivity index (χ3v) is 2.02. The first kappa shape index (κ1) is 17.0. The molecule has 0 aromatic carbocycles. The minimum absolute atomic E-state index is 0. The van der Waals surface area contributed by atoms with Crippen LogP contribution in [0.1, 0.15) is 12.6 Å². The van der Waals surface area contributed by atoms with Crippen molar-refractivity contribution >= 4 is 40.8 Å². The molecule has 0 aliphatic heterocycles. The quantitative estimate of drug-likeness (QED) is 0.406. The van der Waals surface area contributed by atoms with E-state index in [9.17, 15) is 4.79 Å². The Kier molecular flexibility index (Phi) is 8.36. The number of aromatic nitrogens is 1. The number of carbonyl (C=O) groups excluding carboxylic acids is 1. The molecule has 16 heavy (non-hydrogen) atoms. The van der Waals surface area contributed by atoms with Crippen molar-refractivity contribution < 1.29 is 15.0 Å². The number of halogens is 1. The molecule has 0 spiro atoms. The number of ether oxygens (including phenoxy) is 1. The van der Waals surface area contributed by atoms with Gasteiger partial charge in [0.2, 0.25) is 0 Å². The van der Waals surface area contributed by atoms with E-state index in [0.717, 1.165) is 0 Å². The van der Waals surface area contributed by atoms with E-state index in [4.69, 9.17) is 15.9 Å². The summed E-state index contributed by atoms with van der Waals surface area (Å²) >= 11 is 1.30. The summed E-state index contributed by atoms with van der Waals surface area (Å²) in [4.78, 5) is 14.5. The summed E-state index contributed by atoms with van der Waals surface area (Å²) < 4.78 is 4.74. The van der Waals surface area contributed by atoms with Gasteiger partial charge in [0.1, 0.15) is 6.61 Å². The van der Waals surface area contributed by atoms with Crippen molar-refractivity contribution in [3.63, 3.8) is 0 Å². The molecular formula is C7H13ClN4O3S. The van der Waals surface area contributed by atoms with Crippen molar-refractivity contribution in [3.8, 4) is 0 Å². The highest BCUT2D eigenvalue weighted by Gasteiger charge is 2.03. The predicted octanol–water partition coefficient (Wildman–Crippen LogP) is 0.109. The number of nitrogens with zero attached hydrogens (tertiary/aromatic N) is 1. The summed E-state index contributed by atoms with van der Waals surface area (Å²) in [6.45, 7) is 1.48. The van der Waals surface area contributed by atoms with Crippen LogP contribution in [-0.2, 0) is 16.1 Å². The second kappa shape index (κ2) is 7.85. The van der Waals surface area contributed by atoms with Crippen molar-refractivity contribution in [2.75, 3.05) is 5.32 Å². The summed E-state index contributed by atoms with van der Waals surface area (Å²) in [7, 11) is 0. The summed E-state index contributed by atoms with van der Waals surface area (Å²) in [6, 6.07) is 0. The standard InChI is InChI=1S/C7H10N4O2S.ClH.H2O/c1-4(12)13-2-5-3-14-7(10-5)11-6(8)9;;/h3H,2H2,1H3,(H4,8,9,10,11);1H;1H2. The molecule has 92 valence electrons. The number of esters is 1. The lowest BCUT2D eigenvalue weighted by Crippen LogP contribution is -2.20. The van der Waals surface area contributed by atoms with Gasteiger partial charge in [0.05, 0.1) is 5.69 Å². The van der Waals surface area contributed by atoms with Gasteiger partial charge in [-0.1, -0.05) is 0 Å². The number of anilines is 1. The molecular weight excluding hydrogens is 256 g/mol. The van der Waals surface area contributed by atoms with Crippen molar-refractivity contribution in [3.05, 3.63) is 11.1 Å². The van der Waals surface area contributed by atoms with Crippen molar-refractivity contribution in [1.29, 1.82) is 5.41 Å². The highest BCUT2D eigenvalue weighted by atomic mass is 35.5. The maximum atomic E-state index is 10.5. The number of carbonyl (C=O) groups is 1. The minimum atomic E-state index is -0.348. The molecule has 0 radical (unpaired) electrons. The average Bonchev–Trinajstić information content (AvgIpc) is 2.47. The van der Waals surface area contributed by atoms with E-state index in [1.54, 1.807) is 5.38 Å². The Labute approximate surface area is 102 Å². The Hall–Kier alpha value is -1.38. The molecule has 0 unspecified atom stereocenters. The predicted molar refractivity (Wildman–Crippen MR) is 64.0 cm³/mol. The second-order valence-electron chi connectivity index (χ2n) is 2.46. The van der Waals surface area contributed by atoms with Crippen LogP contribution in [0.15, 0.2) is 5.38 Å². The summed E-state index contributed by atoms with van der Waals surface area (Å²) in [5, 5.41) is 11.7. The molecule has 7 nitrogen and oxygen atoms in total. The van der Waals surface area contributed by atoms with E-state index in [-0.39, 0.29) is 36.4 Å². The van der Waals surface area contributed by atoms with Crippen LogP contribution in [0, 0.1) is 5.41 Å². The molecule has 1 heterocycles. The van der Waals surface area contributed by atoms with Crippen LogP contribution in [0.5, 0.6) is 0 Å². The van der Waals surface area contributed by atoms with Gasteiger partial charge in [-0.05, 0) is 0 Å². The third-order valence-electron chi connectivity index (χ3n) is 1.22. The summed E-state index contributed by atoms with van der Waals surface area (Å²) in [5.41, 5.74) is 5.74. The monoisotopic (exact) mass is 268 g/mol. The fourth-order valence-electron chi connectivity index (χ4n) is 0.721. The molecule has 6 N–H and O–H groups in total. The first-order valence-corrected chi connectivity index (χ1v) is 4.64. The maximum absolute atomic E-state index is 10.5. The molecule has 0 saturated carbocycles. The van der Waals surface area contributed by atoms with Gasteiger partial charge in [-0.2, -0.15) is 0 Å².